The molecule has 2 heterocycles. The Bertz CT molecular complexity index is 1090. The summed E-state index contributed by atoms with van der Waals surface area (Å²) in [6.45, 7) is 3.90. The van der Waals surface area contributed by atoms with Crippen molar-refractivity contribution in [1.29, 1.82) is 0 Å². The summed E-state index contributed by atoms with van der Waals surface area (Å²) in [5.74, 6) is 0.645. The van der Waals surface area contributed by atoms with Crippen LogP contribution in [-0.4, -0.2) is 29.7 Å². The molecule has 0 fully saturated rings. The average Bonchev–Trinajstić information content (AvgIpc) is 2.85. The normalized spacial score (nSPS) is 20.8. The van der Waals surface area contributed by atoms with Crippen molar-refractivity contribution in [2.75, 3.05) is 19.1 Å². The molecule has 1 unspecified atom stereocenters. The summed E-state index contributed by atoms with van der Waals surface area (Å²) >= 11 is 0. The molecule has 150 valence electrons. The standard InChI is InChI=1S/C20H19N3O6/c1-19(2)15-10-13(22(24)25)5-6-16(15)21(3)20(19)8-7-12-9-14(23(26)27)11-17(28-4)18(12)29-20/h5-11H,1-4H3. The molecule has 2 aromatic rings. The second-order valence-electron chi connectivity index (χ2n) is 7.60. The van der Waals surface area contributed by atoms with Gasteiger partial charge in [-0.2, -0.15) is 0 Å². The molecule has 0 aliphatic carbocycles. The van der Waals surface area contributed by atoms with Gasteiger partial charge in [0.05, 0.1) is 28.4 Å². The molecule has 0 aromatic heterocycles. The predicted octanol–water partition coefficient (Wildman–Crippen LogP) is 4.04. The van der Waals surface area contributed by atoms with Crippen LogP contribution in [0.3, 0.4) is 0 Å². The Morgan fingerprint density at radius 3 is 2.38 bits per heavy atom. The van der Waals surface area contributed by atoms with E-state index in [-0.39, 0.29) is 17.1 Å². The van der Waals surface area contributed by atoms with E-state index >= 15 is 0 Å². The topological polar surface area (TPSA) is 108 Å². The summed E-state index contributed by atoms with van der Waals surface area (Å²) in [4.78, 5) is 23.5. The van der Waals surface area contributed by atoms with Crippen molar-refractivity contribution in [2.24, 2.45) is 0 Å². The second-order valence-corrected chi connectivity index (χ2v) is 7.60. The number of anilines is 1. The third-order valence-electron chi connectivity index (χ3n) is 5.86. The van der Waals surface area contributed by atoms with Crippen LogP contribution in [0.4, 0.5) is 17.1 Å². The molecule has 2 aliphatic heterocycles. The molecule has 9 nitrogen and oxygen atoms in total. The Morgan fingerprint density at radius 1 is 1.07 bits per heavy atom. The lowest BCUT2D eigenvalue weighted by Gasteiger charge is -2.45. The number of methoxy groups -OCH3 is 1. The summed E-state index contributed by atoms with van der Waals surface area (Å²) in [5, 5.41) is 22.5. The van der Waals surface area contributed by atoms with Crippen LogP contribution >= 0.6 is 0 Å². The van der Waals surface area contributed by atoms with Crippen molar-refractivity contribution in [3.63, 3.8) is 0 Å². The van der Waals surface area contributed by atoms with E-state index in [0.29, 0.717) is 11.3 Å². The van der Waals surface area contributed by atoms with Gasteiger partial charge in [0.1, 0.15) is 0 Å². The molecule has 2 aliphatic rings. The number of ether oxygens (including phenoxy) is 2. The highest BCUT2D eigenvalue weighted by molar-refractivity contribution is 5.75. The van der Waals surface area contributed by atoms with Crippen molar-refractivity contribution < 1.29 is 19.3 Å². The number of nitro groups is 2. The van der Waals surface area contributed by atoms with Crippen LogP contribution < -0.4 is 14.4 Å². The molecule has 1 atom stereocenters. The van der Waals surface area contributed by atoms with Gasteiger partial charge in [0.15, 0.2) is 11.5 Å². The van der Waals surface area contributed by atoms with Crippen molar-refractivity contribution in [2.45, 2.75) is 25.0 Å². The van der Waals surface area contributed by atoms with Crippen molar-refractivity contribution in [3.05, 3.63) is 67.8 Å². The molecule has 0 N–H and O–H groups in total. The van der Waals surface area contributed by atoms with Crippen LogP contribution in [0.25, 0.3) is 6.08 Å². The van der Waals surface area contributed by atoms with Gasteiger partial charge in [-0.05, 0) is 37.6 Å². The van der Waals surface area contributed by atoms with Gasteiger partial charge in [0.2, 0.25) is 5.72 Å². The third kappa shape index (κ3) is 2.40. The van der Waals surface area contributed by atoms with E-state index < -0.39 is 21.0 Å². The highest BCUT2D eigenvalue weighted by Crippen LogP contribution is 2.56. The smallest absolute Gasteiger partial charge is 0.274 e. The summed E-state index contributed by atoms with van der Waals surface area (Å²) in [6.07, 6.45) is 3.61. The van der Waals surface area contributed by atoms with Gasteiger partial charge < -0.3 is 14.4 Å². The minimum Gasteiger partial charge on any atom is -0.493 e. The largest absolute Gasteiger partial charge is 0.493 e. The lowest BCUT2D eigenvalue weighted by Crippen LogP contribution is -2.58. The first-order chi connectivity index (χ1) is 13.6. The Kier molecular flexibility index (Phi) is 3.83. The molecule has 9 heteroatoms. The zero-order valence-corrected chi connectivity index (χ0v) is 16.3. The van der Waals surface area contributed by atoms with Crippen LogP contribution in [-0.2, 0) is 5.41 Å². The van der Waals surface area contributed by atoms with Crippen molar-refractivity contribution >= 4 is 23.1 Å². The maximum absolute atomic E-state index is 11.3. The van der Waals surface area contributed by atoms with E-state index in [0.717, 1.165) is 11.3 Å². The van der Waals surface area contributed by atoms with Crippen molar-refractivity contribution in [1.82, 2.24) is 0 Å². The van der Waals surface area contributed by atoms with Crippen molar-refractivity contribution in [3.8, 4) is 11.5 Å². The molecule has 0 saturated carbocycles. The number of nitro benzene ring substituents is 2. The second kappa shape index (κ2) is 5.94. The van der Waals surface area contributed by atoms with Gasteiger partial charge in [-0.25, -0.2) is 0 Å². The Balaban J connectivity index is 1.88. The Labute approximate surface area is 166 Å². The Morgan fingerprint density at radius 2 is 1.76 bits per heavy atom. The van der Waals surface area contributed by atoms with Gasteiger partial charge in [-0.1, -0.05) is 0 Å². The summed E-state index contributed by atoms with van der Waals surface area (Å²) in [7, 11) is 3.28. The van der Waals surface area contributed by atoms with Crippen LogP contribution in [0.1, 0.15) is 25.0 Å². The first-order valence-electron chi connectivity index (χ1n) is 8.90. The van der Waals surface area contributed by atoms with Gasteiger partial charge in [0, 0.05) is 36.5 Å². The zero-order chi connectivity index (χ0) is 21.1. The van der Waals surface area contributed by atoms with Crippen LogP contribution in [0.5, 0.6) is 11.5 Å². The van der Waals surface area contributed by atoms with Crippen LogP contribution in [0, 0.1) is 20.2 Å². The molecule has 2 aromatic carbocycles. The van der Waals surface area contributed by atoms with Gasteiger partial charge in [-0.3, -0.25) is 20.2 Å². The monoisotopic (exact) mass is 397 g/mol. The number of non-ortho nitro benzene ring substituents is 2. The number of fused-ring (bicyclic) bond motifs is 2. The summed E-state index contributed by atoms with van der Waals surface area (Å²) < 4.78 is 11.8. The number of rotatable bonds is 3. The molecule has 4 rings (SSSR count). The van der Waals surface area contributed by atoms with E-state index in [4.69, 9.17) is 9.47 Å². The minimum atomic E-state index is -0.985. The lowest BCUT2D eigenvalue weighted by molar-refractivity contribution is -0.385. The first-order valence-corrected chi connectivity index (χ1v) is 8.90. The van der Waals surface area contributed by atoms with E-state index in [9.17, 15) is 20.2 Å². The van der Waals surface area contributed by atoms with Crippen LogP contribution in [0.15, 0.2) is 36.4 Å². The minimum absolute atomic E-state index is 0.00988. The highest BCUT2D eigenvalue weighted by atomic mass is 16.6. The third-order valence-corrected chi connectivity index (χ3v) is 5.86. The molecule has 0 radical (unpaired) electrons. The van der Waals surface area contributed by atoms with Gasteiger partial charge in [0.25, 0.3) is 11.4 Å². The quantitative estimate of drug-likeness (QED) is 0.568. The fourth-order valence-electron chi connectivity index (χ4n) is 4.23. The lowest BCUT2D eigenvalue weighted by atomic mass is 9.76. The SMILES string of the molecule is COc1cc([N+](=O)[O-])cc2c1OC1(C=C2)N(C)c2ccc([N+](=O)[O-])cc2C1(C)C. The fourth-order valence-corrected chi connectivity index (χ4v) is 4.23. The number of nitrogens with zero attached hydrogens (tertiary/aromatic N) is 3. The highest BCUT2D eigenvalue weighted by Gasteiger charge is 2.58. The number of hydrogen-bond acceptors (Lipinski definition) is 7. The number of likely N-dealkylation sites (N-methyl/N-ethyl adjacent to an activating group) is 1. The molecule has 0 bridgehead atoms. The molecular formula is C20H19N3O6. The average molecular weight is 397 g/mol. The van der Waals surface area contributed by atoms with E-state index in [1.54, 1.807) is 18.2 Å². The molecular weight excluding hydrogens is 378 g/mol. The number of benzene rings is 2. The van der Waals surface area contributed by atoms with E-state index in [1.807, 2.05) is 31.9 Å². The molecule has 0 amide bonds. The first kappa shape index (κ1) is 18.7. The van der Waals surface area contributed by atoms with Crippen LogP contribution in [0.2, 0.25) is 0 Å². The van der Waals surface area contributed by atoms with Gasteiger partial charge >= 0.3 is 0 Å². The fraction of sp³-hybridized carbons (Fsp3) is 0.300. The summed E-state index contributed by atoms with van der Waals surface area (Å²) in [6, 6.07) is 7.51. The number of hydrogen-bond donors (Lipinski definition) is 0. The van der Waals surface area contributed by atoms with Gasteiger partial charge in [-0.15, -0.1) is 0 Å². The maximum atomic E-state index is 11.3. The van der Waals surface area contributed by atoms with E-state index in [2.05, 4.69) is 0 Å². The maximum Gasteiger partial charge on any atom is 0.274 e. The van der Waals surface area contributed by atoms with E-state index in [1.165, 1.54) is 25.3 Å². The Hall–Kier alpha value is -3.62. The molecule has 29 heavy (non-hydrogen) atoms. The zero-order valence-electron chi connectivity index (χ0n) is 16.3. The molecule has 1 spiro atoms. The predicted molar refractivity (Wildman–Crippen MR) is 107 cm³/mol. The summed E-state index contributed by atoms with van der Waals surface area (Å²) in [5.41, 5.74) is 0.398. The molecule has 0 saturated heterocycles.